The summed E-state index contributed by atoms with van der Waals surface area (Å²) in [4.78, 5) is 107. The van der Waals surface area contributed by atoms with Crippen molar-refractivity contribution in [2.24, 2.45) is 104 Å². The lowest BCUT2D eigenvalue weighted by molar-refractivity contribution is -0.231. The minimum atomic E-state index is -3.53. The van der Waals surface area contributed by atoms with Gasteiger partial charge in [-0.25, -0.2) is 19.2 Å². The molecule has 590 valence electrons. The van der Waals surface area contributed by atoms with Gasteiger partial charge in [0.1, 0.15) is 29.0 Å². The standard InChI is InChI=1S/C21H32O6.C19H32O2.C16H26O3.C15H22O7S.C10H16O4/c1-5-20(2,3)19(24)26-11-17(22)25-12-18(23)27-21(4)15-7-13-6-14(9-15)10-16(21)8-13;1-6-18(4,5)17(20)21-19(12(2)3)15-8-13-7-14(10-15)11-16(19)9-13;1-4-14(2,3)13(17)19-16-8-11-5-12(9-16)7-15(18,6-11)10-16;1-4-15(2,3)14(17)20-7-11(16)21-12-8-5-9-10(6-8)23(18,19)22-13(9)12;1-4-10(2,3)9(12)14-7-5-6-13-8(7)11/h13-16H,5-12H2,1-4H3;12-16H,6-11H2,1-5H3;11-12,18H,4-10H2,1-3H3;8-10,12-13H,4-7H2,1-3H3;7H,4-6H2,1-3H3. The topological polar surface area (TPSA) is 300 Å². The Morgan fingerprint density at radius 1 is 0.500 bits per heavy atom. The van der Waals surface area contributed by atoms with Crippen LogP contribution in [-0.2, 0) is 100 Å². The predicted molar refractivity (Wildman–Crippen MR) is 383 cm³/mol. The summed E-state index contributed by atoms with van der Waals surface area (Å²) in [6.07, 6.45) is 21.5. The highest BCUT2D eigenvalue weighted by molar-refractivity contribution is 7.87. The second-order valence-corrected chi connectivity index (χ2v) is 39.5. The monoisotopic (exact) mass is 1480 g/mol. The third-order valence-corrected chi connectivity index (χ3v) is 29.7. The van der Waals surface area contributed by atoms with Crippen LogP contribution in [0.2, 0.25) is 0 Å². The van der Waals surface area contributed by atoms with Gasteiger partial charge in [0, 0.05) is 24.7 Å². The average molecular weight is 1490 g/mol. The average Bonchev–Trinajstić information content (AvgIpc) is 1.16. The largest absolute Gasteiger partial charge is 0.463 e. The second kappa shape index (κ2) is 31.6. The summed E-state index contributed by atoms with van der Waals surface area (Å²) in [6.45, 7) is 33.9. The number of carbonyl (C=O) groups excluding carboxylic acids is 9. The van der Waals surface area contributed by atoms with Crippen molar-refractivity contribution in [2.75, 3.05) is 26.4 Å². The van der Waals surface area contributed by atoms with Crippen LogP contribution >= 0.6 is 0 Å². The molecule has 0 aromatic heterocycles. The van der Waals surface area contributed by atoms with Gasteiger partial charge in [0.25, 0.3) is 10.1 Å². The van der Waals surface area contributed by atoms with E-state index in [9.17, 15) is 56.7 Å². The normalized spacial score (nSPS) is 36.5. The highest BCUT2D eigenvalue weighted by Crippen LogP contribution is 2.64. The molecule has 14 aliphatic carbocycles. The summed E-state index contributed by atoms with van der Waals surface area (Å²) in [5.74, 6) is 3.35. The van der Waals surface area contributed by atoms with E-state index in [-0.39, 0.29) is 46.4 Å². The van der Waals surface area contributed by atoms with Crippen LogP contribution in [0.15, 0.2) is 0 Å². The molecule has 16 fully saturated rings. The summed E-state index contributed by atoms with van der Waals surface area (Å²) < 4.78 is 77.0. The van der Waals surface area contributed by atoms with Crippen LogP contribution in [-0.4, -0.2) is 140 Å². The first-order valence-corrected chi connectivity index (χ1v) is 41.2. The Labute approximate surface area is 619 Å². The summed E-state index contributed by atoms with van der Waals surface area (Å²) in [7, 11) is -3.53. The third-order valence-electron chi connectivity index (χ3n) is 28.0. The Morgan fingerprint density at radius 2 is 0.923 bits per heavy atom. The van der Waals surface area contributed by atoms with Crippen molar-refractivity contribution < 1.29 is 103 Å². The molecule has 8 unspecified atom stereocenters. The lowest BCUT2D eigenvalue weighted by Crippen LogP contribution is -2.63. The number of fused-ring (bicyclic) bond motifs is 1. The van der Waals surface area contributed by atoms with Gasteiger partial charge in [0.05, 0.1) is 44.5 Å². The molecule has 16 aliphatic rings. The quantitative estimate of drug-likeness (QED) is 0.0598. The number of ether oxygens (including phenoxy) is 9. The Morgan fingerprint density at radius 3 is 1.37 bits per heavy atom. The molecular formula is C81H128O22S. The molecule has 104 heavy (non-hydrogen) atoms. The zero-order valence-electron chi connectivity index (χ0n) is 66.0. The van der Waals surface area contributed by atoms with Crippen molar-refractivity contribution in [2.45, 2.75) is 325 Å². The molecule has 0 aromatic carbocycles. The molecule has 2 saturated heterocycles. The summed E-state index contributed by atoms with van der Waals surface area (Å²) in [5.41, 5.74) is -4.10. The van der Waals surface area contributed by atoms with Gasteiger partial charge in [0.2, 0.25) is 6.10 Å². The number of esters is 9. The van der Waals surface area contributed by atoms with Crippen LogP contribution in [0.25, 0.3) is 0 Å². The first kappa shape index (κ1) is 83.1. The maximum absolute atomic E-state index is 12.8. The van der Waals surface area contributed by atoms with Gasteiger partial charge >= 0.3 is 53.7 Å². The zero-order valence-corrected chi connectivity index (χ0v) is 66.9. The van der Waals surface area contributed by atoms with Gasteiger partial charge in [-0.1, -0.05) is 48.5 Å². The molecule has 22 nitrogen and oxygen atoms in total. The molecule has 14 bridgehead atoms. The Hall–Kier alpha value is -4.90. The Kier molecular flexibility index (Phi) is 25.3. The van der Waals surface area contributed by atoms with E-state index < -0.39 is 122 Å². The lowest BCUT2D eigenvalue weighted by atomic mass is 9.47. The fourth-order valence-electron chi connectivity index (χ4n) is 20.2. The fraction of sp³-hybridized carbons (Fsp3) is 0.889. The van der Waals surface area contributed by atoms with E-state index in [0.29, 0.717) is 93.0 Å². The molecule has 0 aromatic rings. The van der Waals surface area contributed by atoms with Crippen molar-refractivity contribution in [1.29, 1.82) is 0 Å². The first-order valence-electron chi connectivity index (χ1n) is 39.7. The minimum absolute atomic E-state index is 0.0130. The van der Waals surface area contributed by atoms with Crippen molar-refractivity contribution in [3.05, 3.63) is 0 Å². The van der Waals surface area contributed by atoms with E-state index in [1.54, 1.807) is 41.5 Å². The van der Waals surface area contributed by atoms with Gasteiger partial charge < -0.3 is 47.7 Å². The summed E-state index contributed by atoms with van der Waals surface area (Å²) >= 11 is 0. The molecule has 8 atom stereocenters. The first-order chi connectivity index (χ1) is 48.3. The number of aliphatic hydroxyl groups is 1. The predicted octanol–water partition coefficient (Wildman–Crippen LogP) is 13.4. The Bertz CT molecular complexity index is 3200. The van der Waals surface area contributed by atoms with Crippen LogP contribution in [0.5, 0.6) is 0 Å². The number of carbonyl (C=O) groups is 9. The van der Waals surface area contributed by atoms with Crippen LogP contribution in [0.3, 0.4) is 0 Å². The lowest BCUT2D eigenvalue weighted by Gasteiger charge is -2.62. The van der Waals surface area contributed by atoms with Crippen molar-refractivity contribution in [1.82, 2.24) is 0 Å². The van der Waals surface area contributed by atoms with E-state index in [2.05, 4.69) is 27.7 Å². The Balaban J connectivity index is 0.000000153. The van der Waals surface area contributed by atoms with E-state index in [1.807, 2.05) is 55.4 Å². The van der Waals surface area contributed by atoms with Crippen molar-refractivity contribution >= 4 is 63.8 Å². The highest BCUT2D eigenvalue weighted by Gasteiger charge is 2.66. The van der Waals surface area contributed by atoms with Gasteiger partial charge in [-0.05, 0) is 283 Å². The number of hydrogen-bond acceptors (Lipinski definition) is 22. The molecule has 0 amide bonds. The third kappa shape index (κ3) is 18.0. The molecule has 14 saturated carbocycles. The van der Waals surface area contributed by atoms with Gasteiger partial charge in [-0.3, -0.25) is 28.2 Å². The molecule has 0 radical (unpaired) electrons. The maximum atomic E-state index is 12.8. The van der Waals surface area contributed by atoms with Crippen LogP contribution in [0, 0.1) is 104 Å². The smallest absolute Gasteiger partial charge is 0.347 e. The van der Waals surface area contributed by atoms with Gasteiger partial charge in [-0.2, -0.15) is 8.42 Å². The molecule has 2 aliphatic heterocycles. The molecule has 1 N–H and O–H groups in total. The van der Waals surface area contributed by atoms with E-state index in [4.69, 9.17) is 46.8 Å². The molecule has 16 rings (SSSR count). The highest BCUT2D eigenvalue weighted by atomic mass is 32.2. The summed E-state index contributed by atoms with van der Waals surface area (Å²) in [6, 6.07) is 0. The van der Waals surface area contributed by atoms with Crippen LogP contribution in [0.1, 0.15) is 279 Å². The minimum Gasteiger partial charge on any atom is -0.463 e. The summed E-state index contributed by atoms with van der Waals surface area (Å²) in [5, 5.41) is 10.2. The van der Waals surface area contributed by atoms with Crippen molar-refractivity contribution in [3.8, 4) is 0 Å². The van der Waals surface area contributed by atoms with E-state index in [0.717, 1.165) is 87.9 Å². The van der Waals surface area contributed by atoms with E-state index >= 15 is 0 Å². The number of rotatable bonds is 22. The van der Waals surface area contributed by atoms with Crippen LogP contribution in [0.4, 0.5) is 0 Å². The molecule has 2 heterocycles. The van der Waals surface area contributed by atoms with E-state index in [1.165, 1.54) is 44.9 Å². The fourth-order valence-corrected chi connectivity index (χ4v) is 22.1. The molecule has 23 heteroatoms. The molecule has 0 spiro atoms. The van der Waals surface area contributed by atoms with Crippen LogP contribution < -0.4 is 0 Å². The SMILES string of the molecule is CCC(C)(C)C(=O)OC1(C(C)C)C2CC3CC(C2)CC1C3.CCC(C)(C)C(=O)OC12CC3CC(CC(O)(C3)C1)C2.CCC(C)(C)C(=O)OC1CCOC1=O.CCC(C)(C)C(=O)OCC(=O)OC1C2CC3C1OS(=O)(=O)C3C2.CCC(C)(C)C(=O)OCC(=O)OCC(=O)OC1(C)C2CC3CC(C2)CC1C3. The van der Waals surface area contributed by atoms with Crippen molar-refractivity contribution in [3.63, 3.8) is 0 Å². The number of hydrogen-bond donors (Lipinski definition) is 1. The van der Waals surface area contributed by atoms with Gasteiger partial charge in [-0.15, -0.1) is 0 Å². The zero-order chi connectivity index (χ0) is 76.9. The molecular weight excluding hydrogens is 1360 g/mol. The second-order valence-electron chi connectivity index (χ2n) is 37.7. The number of cyclic esters (lactones) is 1. The maximum Gasteiger partial charge on any atom is 0.347 e. The van der Waals surface area contributed by atoms with Gasteiger partial charge in [0.15, 0.2) is 19.8 Å².